The summed E-state index contributed by atoms with van der Waals surface area (Å²) in [6, 6.07) is 6.04. The van der Waals surface area contributed by atoms with Crippen molar-refractivity contribution in [3.63, 3.8) is 0 Å². The molecule has 1 saturated heterocycles. The van der Waals surface area contributed by atoms with Gasteiger partial charge >= 0.3 is 0 Å². The van der Waals surface area contributed by atoms with E-state index in [-0.39, 0.29) is 17.7 Å². The van der Waals surface area contributed by atoms with Gasteiger partial charge < -0.3 is 9.15 Å². The minimum atomic E-state index is -0.434. The summed E-state index contributed by atoms with van der Waals surface area (Å²) >= 11 is 0. The van der Waals surface area contributed by atoms with E-state index < -0.39 is 5.82 Å². The van der Waals surface area contributed by atoms with Gasteiger partial charge in [0.25, 0.3) is 5.91 Å². The first-order valence-electron chi connectivity index (χ1n) is 6.82. The van der Waals surface area contributed by atoms with Crippen molar-refractivity contribution in [2.24, 2.45) is 0 Å². The Bertz CT molecular complexity index is 592. The van der Waals surface area contributed by atoms with Crippen molar-refractivity contribution in [1.82, 2.24) is 4.98 Å². The summed E-state index contributed by atoms with van der Waals surface area (Å²) < 4.78 is 23.6. The number of pyridine rings is 1. The maximum Gasteiger partial charge on any atom is 0.295 e. The molecule has 0 atom stereocenters. The molecule has 0 bridgehead atoms. The summed E-state index contributed by atoms with van der Waals surface area (Å²) in [5.41, 5.74) is 0. The largest absolute Gasteiger partial charge is 0.459 e. The van der Waals surface area contributed by atoms with Gasteiger partial charge in [0.2, 0.25) is 0 Å². The molecule has 2 aromatic heterocycles. The van der Waals surface area contributed by atoms with Crippen LogP contribution in [0, 0.1) is 5.82 Å². The lowest BCUT2D eigenvalue weighted by Crippen LogP contribution is -2.44. The Morgan fingerprint density at radius 3 is 2.71 bits per heavy atom. The topological polar surface area (TPSA) is 55.6 Å². The van der Waals surface area contributed by atoms with Crippen molar-refractivity contribution in [3.05, 3.63) is 48.3 Å². The van der Waals surface area contributed by atoms with Crippen LogP contribution in [0.2, 0.25) is 0 Å². The van der Waals surface area contributed by atoms with Crippen LogP contribution in [0.4, 0.5) is 10.2 Å². The third-order valence-electron chi connectivity index (χ3n) is 3.47. The van der Waals surface area contributed by atoms with E-state index in [0.717, 1.165) is 6.20 Å². The van der Waals surface area contributed by atoms with Crippen LogP contribution in [0.3, 0.4) is 0 Å². The summed E-state index contributed by atoms with van der Waals surface area (Å²) in [5.74, 6) is -0.0422. The Hall–Kier alpha value is -2.21. The van der Waals surface area contributed by atoms with Gasteiger partial charge in [0.1, 0.15) is 11.6 Å². The molecule has 0 N–H and O–H groups in total. The van der Waals surface area contributed by atoms with Crippen LogP contribution in [0.5, 0.6) is 0 Å². The number of rotatable bonds is 3. The maximum absolute atomic E-state index is 13.1. The van der Waals surface area contributed by atoms with E-state index in [0.29, 0.717) is 31.9 Å². The fraction of sp³-hybridized carbons (Fsp3) is 0.333. The molecule has 21 heavy (non-hydrogen) atoms. The zero-order valence-corrected chi connectivity index (χ0v) is 11.4. The molecule has 5 nitrogen and oxygen atoms in total. The molecule has 110 valence electrons. The molecule has 1 amide bonds. The first kappa shape index (κ1) is 13.8. The molecule has 6 heteroatoms. The number of anilines is 1. The van der Waals surface area contributed by atoms with Crippen molar-refractivity contribution in [3.8, 4) is 0 Å². The highest BCUT2D eigenvalue weighted by atomic mass is 19.1. The molecule has 1 aliphatic rings. The van der Waals surface area contributed by atoms with Gasteiger partial charge in [0.15, 0.2) is 5.76 Å². The number of hydrogen-bond acceptors (Lipinski definition) is 4. The number of nitrogens with zero attached hydrogens (tertiary/aromatic N) is 2. The fourth-order valence-corrected chi connectivity index (χ4v) is 2.43. The quantitative estimate of drug-likeness (QED) is 0.872. The third kappa shape index (κ3) is 2.95. The summed E-state index contributed by atoms with van der Waals surface area (Å²) in [7, 11) is 0. The average molecular weight is 290 g/mol. The van der Waals surface area contributed by atoms with Crippen molar-refractivity contribution >= 4 is 11.7 Å². The second-order valence-electron chi connectivity index (χ2n) is 4.83. The second-order valence-corrected chi connectivity index (χ2v) is 4.83. The minimum Gasteiger partial charge on any atom is -0.459 e. The van der Waals surface area contributed by atoms with E-state index in [9.17, 15) is 9.18 Å². The number of amides is 1. The van der Waals surface area contributed by atoms with Gasteiger partial charge in [-0.1, -0.05) is 0 Å². The highest BCUT2D eigenvalue weighted by Gasteiger charge is 2.30. The van der Waals surface area contributed by atoms with Crippen molar-refractivity contribution in [2.45, 2.75) is 18.9 Å². The molecule has 0 unspecified atom stereocenters. The number of aromatic nitrogens is 1. The molecular formula is C15H15FN2O3. The minimum absolute atomic E-state index is 0.0330. The van der Waals surface area contributed by atoms with Crippen LogP contribution in [0.15, 0.2) is 41.1 Å². The van der Waals surface area contributed by atoms with E-state index in [1.807, 2.05) is 0 Å². The zero-order valence-electron chi connectivity index (χ0n) is 11.4. The number of carbonyl (C=O) groups is 1. The number of ether oxygens (including phenoxy) is 1. The predicted octanol–water partition coefficient (Wildman–Crippen LogP) is 2.64. The van der Waals surface area contributed by atoms with Gasteiger partial charge in [0.05, 0.1) is 12.5 Å². The van der Waals surface area contributed by atoms with Crippen LogP contribution >= 0.6 is 0 Å². The van der Waals surface area contributed by atoms with Gasteiger partial charge in [-0.2, -0.15) is 0 Å². The van der Waals surface area contributed by atoms with Crippen LogP contribution in [-0.2, 0) is 4.74 Å². The smallest absolute Gasteiger partial charge is 0.295 e. The number of carbonyl (C=O) groups excluding carboxylic acids is 1. The number of halogens is 1. The molecule has 2 aromatic rings. The van der Waals surface area contributed by atoms with Crippen molar-refractivity contribution < 1.29 is 18.3 Å². The highest BCUT2D eigenvalue weighted by molar-refractivity contribution is 6.04. The van der Waals surface area contributed by atoms with Gasteiger partial charge in [-0.15, -0.1) is 0 Å². The van der Waals surface area contributed by atoms with E-state index in [2.05, 4.69) is 4.98 Å². The molecule has 0 spiro atoms. The molecule has 0 aliphatic carbocycles. The summed E-state index contributed by atoms with van der Waals surface area (Å²) in [5, 5.41) is 0. The Labute approximate surface area is 121 Å². The van der Waals surface area contributed by atoms with Gasteiger partial charge in [-0.25, -0.2) is 9.37 Å². The van der Waals surface area contributed by atoms with Crippen LogP contribution in [-0.4, -0.2) is 30.1 Å². The summed E-state index contributed by atoms with van der Waals surface area (Å²) in [6.45, 7) is 1.18. The van der Waals surface area contributed by atoms with Crippen LogP contribution in [0.1, 0.15) is 23.4 Å². The Kier molecular flexibility index (Phi) is 3.96. The van der Waals surface area contributed by atoms with E-state index >= 15 is 0 Å². The molecule has 3 heterocycles. The second kappa shape index (κ2) is 6.05. The summed E-state index contributed by atoms with van der Waals surface area (Å²) in [4.78, 5) is 18.3. The lowest BCUT2D eigenvalue weighted by atomic mass is 10.1. The fourth-order valence-electron chi connectivity index (χ4n) is 2.43. The Balaban J connectivity index is 1.93. The Morgan fingerprint density at radius 2 is 2.10 bits per heavy atom. The van der Waals surface area contributed by atoms with Gasteiger partial charge in [-0.3, -0.25) is 9.69 Å². The zero-order chi connectivity index (χ0) is 14.7. The van der Waals surface area contributed by atoms with Gasteiger partial charge in [0, 0.05) is 19.3 Å². The number of hydrogen-bond donors (Lipinski definition) is 0. The first-order valence-corrected chi connectivity index (χ1v) is 6.82. The molecule has 1 fully saturated rings. The van der Waals surface area contributed by atoms with E-state index in [1.165, 1.54) is 18.4 Å². The predicted molar refractivity (Wildman–Crippen MR) is 73.6 cm³/mol. The molecule has 0 saturated carbocycles. The first-order chi connectivity index (χ1) is 10.3. The van der Waals surface area contributed by atoms with Crippen molar-refractivity contribution in [2.75, 3.05) is 18.1 Å². The molecule has 0 radical (unpaired) electrons. The van der Waals surface area contributed by atoms with Crippen LogP contribution in [0.25, 0.3) is 0 Å². The van der Waals surface area contributed by atoms with Crippen LogP contribution < -0.4 is 4.90 Å². The normalized spacial score (nSPS) is 15.9. The SMILES string of the molecule is O=C(c1ccco1)N(c1ccc(F)cn1)C1CCOCC1. The lowest BCUT2D eigenvalue weighted by molar-refractivity contribution is 0.0758. The maximum atomic E-state index is 13.1. The highest BCUT2D eigenvalue weighted by Crippen LogP contribution is 2.23. The average Bonchev–Trinajstić information content (AvgIpc) is 3.05. The number of furan rings is 1. The Morgan fingerprint density at radius 1 is 1.29 bits per heavy atom. The van der Waals surface area contributed by atoms with Crippen molar-refractivity contribution in [1.29, 1.82) is 0 Å². The third-order valence-corrected chi connectivity index (χ3v) is 3.47. The summed E-state index contributed by atoms with van der Waals surface area (Å²) in [6.07, 6.45) is 3.99. The molecule has 3 rings (SSSR count). The standard InChI is InChI=1S/C15H15FN2O3/c16-11-3-4-14(17-10-11)18(12-5-8-20-9-6-12)15(19)13-2-1-7-21-13/h1-4,7,10,12H,5-6,8-9H2. The molecule has 0 aromatic carbocycles. The molecule has 1 aliphatic heterocycles. The van der Waals surface area contributed by atoms with E-state index in [1.54, 1.807) is 17.0 Å². The van der Waals surface area contributed by atoms with E-state index in [4.69, 9.17) is 9.15 Å². The lowest BCUT2D eigenvalue weighted by Gasteiger charge is -2.32. The molecular weight excluding hydrogens is 275 g/mol. The monoisotopic (exact) mass is 290 g/mol. The van der Waals surface area contributed by atoms with Gasteiger partial charge in [-0.05, 0) is 37.1 Å².